The van der Waals surface area contributed by atoms with Gasteiger partial charge in [-0.25, -0.2) is 4.79 Å². The lowest BCUT2D eigenvalue weighted by atomic mass is 10.0. The first-order valence-electron chi connectivity index (χ1n) is 10.3. The number of benzene rings is 1. The van der Waals surface area contributed by atoms with E-state index in [1.54, 1.807) is 4.90 Å². The molecule has 1 aromatic carbocycles. The normalized spacial score (nSPS) is 19.0. The third-order valence-electron chi connectivity index (χ3n) is 5.37. The van der Waals surface area contributed by atoms with Gasteiger partial charge in [0, 0.05) is 70.3 Å². The highest BCUT2D eigenvalue weighted by Crippen LogP contribution is 2.28. The lowest BCUT2D eigenvalue weighted by Gasteiger charge is -2.36. The van der Waals surface area contributed by atoms with Crippen molar-refractivity contribution < 1.29 is 9.53 Å². The number of hydrogen-bond donors (Lipinski definition) is 2. The van der Waals surface area contributed by atoms with Crippen LogP contribution >= 0.6 is 0 Å². The molecule has 2 saturated heterocycles. The van der Waals surface area contributed by atoms with Crippen LogP contribution in [-0.4, -0.2) is 73.9 Å². The van der Waals surface area contributed by atoms with Gasteiger partial charge >= 0.3 is 6.09 Å². The van der Waals surface area contributed by atoms with Crippen molar-refractivity contribution in [2.45, 2.75) is 39.8 Å². The molecule has 3 rings (SSSR count). The Kier molecular flexibility index (Phi) is 6.35. The second-order valence-corrected chi connectivity index (χ2v) is 8.81. The summed E-state index contributed by atoms with van der Waals surface area (Å²) in [6.45, 7) is 15.8. The Morgan fingerprint density at radius 2 is 1.75 bits per heavy atom. The quantitative estimate of drug-likeness (QED) is 0.771. The summed E-state index contributed by atoms with van der Waals surface area (Å²) < 4.78 is 5.48. The molecule has 0 bridgehead atoms. The molecule has 7 nitrogen and oxygen atoms in total. The third-order valence-corrected chi connectivity index (χ3v) is 5.37. The Bertz CT molecular complexity index is 687. The zero-order valence-corrected chi connectivity index (χ0v) is 17.8. The van der Waals surface area contributed by atoms with Gasteiger partial charge in [-0.15, -0.1) is 0 Å². The molecule has 2 heterocycles. The van der Waals surface area contributed by atoms with Crippen molar-refractivity contribution in [3.63, 3.8) is 0 Å². The van der Waals surface area contributed by atoms with Crippen LogP contribution in [0, 0.1) is 6.92 Å². The summed E-state index contributed by atoms with van der Waals surface area (Å²) in [4.78, 5) is 18.8. The molecule has 0 atom stereocenters. The third kappa shape index (κ3) is 5.29. The maximum absolute atomic E-state index is 12.2. The number of amides is 1. The van der Waals surface area contributed by atoms with Crippen LogP contribution in [0.4, 0.5) is 16.2 Å². The van der Waals surface area contributed by atoms with E-state index in [1.165, 1.54) is 16.8 Å². The van der Waals surface area contributed by atoms with Crippen molar-refractivity contribution in [3.8, 4) is 0 Å². The summed E-state index contributed by atoms with van der Waals surface area (Å²) in [6, 6.07) is 4.39. The number of nitrogens with one attached hydrogen (secondary N) is 1. The van der Waals surface area contributed by atoms with E-state index in [2.05, 4.69) is 34.2 Å². The number of anilines is 2. The summed E-state index contributed by atoms with van der Waals surface area (Å²) in [5, 5.41) is 3.40. The van der Waals surface area contributed by atoms with Gasteiger partial charge in [-0.3, -0.25) is 4.90 Å². The van der Waals surface area contributed by atoms with Crippen LogP contribution in [0.3, 0.4) is 0 Å². The number of nitrogens with two attached hydrogens (primary N) is 1. The topological polar surface area (TPSA) is 74.1 Å². The highest BCUT2D eigenvalue weighted by Gasteiger charge is 2.26. The number of hydrogen-bond acceptors (Lipinski definition) is 6. The molecule has 2 aliphatic heterocycles. The molecule has 7 heteroatoms. The van der Waals surface area contributed by atoms with E-state index >= 15 is 0 Å². The SMILES string of the molecule is Cc1c(N)cc(CN2CCN(C(=O)OC(C)(C)C)CC2)cc1N1CCNCC1. The lowest BCUT2D eigenvalue weighted by Crippen LogP contribution is -2.49. The van der Waals surface area contributed by atoms with Crippen LogP contribution in [0.15, 0.2) is 12.1 Å². The zero-order valence-electron chi connectivity index (χ0n) is 17.8. The second kappa shape index (κ2) is 8.57. The molecule has 0 aliphatic carbocycles. The molecule has 3 N–H and O–H groups in total. The average molecular weight is 390 g/mol. The summed E-state index contributed by atoms with van der Waals surface area (Å²) >= 11 is 0. The molecular weight excluding hydrogens is 354 g/mol. The predicted octanol–water partition coefficient (Wildman–Crippen LogP) is 2.04. The molecule has 1 amide bonds. The second-order valence-electron chi connectivity index (χ2n) is 8.81. The fourth-order valence-corrected chi connectivity index (χ4v) is 3.78. The molecule has 0 saturated carbocycles. The van der Waals surface area contributed by atoms with Crippen molar-refractivity contribution >= 4 is 17.5 Å². The van der Waals surface area contributed by atoms with E-state index in [1.807, 2.05) is 20.8 Å². The van der Waals surface area contributed by atoms with Gasteiger partial charge in [-0.1, -0.05) is 0 Å². The van der Waals surface area contributed by atoms with Crippen LogP contribution < -0.4 is 16.0 Å². The number of carbonyl (C=O) groups is 1. The van der Waals surface area contributed by atoms with Crippen LogP contribution in [0.25, 0.3) is 0 Å². The van der Waals surface area contributed by atoms with E-state index < -0.39 is 5.60 Å². The Hall–Kier alpha value is -1.99. The number of rotatable bonds is 3. The first kappa shape index (κ1) is 20.7. The van der Waals surface area contributed by atoms with Crippen molar-refractivity contribution in [3.05, 3.63) is 23.3 Å². The minimum absolute atomic E-state index is 0.215. The standard InChI is InChI=1S/C21H35N5O2/c1-16-18(22)13-17(14-19(16)25-7-5-23-6-8-25)15-24-9-11-26(12-10-24)20(27)28-21(2,3)4/h13-14,23H,5-12,15,22H2,1-4H3. The summed E-state index contributed by atoms with van der Waals surface area (Å²) in [6.07, 6.45) is -0.215. The number of piperazine rings is 2. The monoisotopic (exact) mass is 389 g/mol. The Morgan fingerprint density at radius 3 is 2.36 bits per heavy atom. The fraction of sp³-hybridized carbons (Fsp3) is 0.667. The molecule has 156 valence electrons. The van der Waals surface area contributed by atoms with E-state index in [0.717, 1.165) is 51.5 Å². The van der Waals surface area contributed by atoms with Crippen molar-refractivity contribution in [2.24, 2.45) is 0 Å². The first-order chi connectivity index (χ1) is 13.2. The van der Waals surface area contributed by atoms with Gasteiger partial charge in [0.05, 0.1) is 0 Å². The number of nitrogen functional groups attached to an aromatic ring is 1. The van der Waals surface area contributed by atoms with Crippen LogP contribution in [0.2, 0.25) is 0 Å². The Balaban J connectivity index is 1.60. The van der Waals surface area contributed by atoms with E-state index in [0.29, 0.717) is 13.1 Å². The van der Waals surface area contributed by atoms with Gasteiger partial charge in [0.15, 0.2) is 0 Å². The van der Waals surface area contributed by atoms with Crippen LogP contribution in [-0.2, 0) is 11.3 Å². The minimum Gasteiger partial charge on any atom is -0.444 e. The molecule has 0 radical (unpaired) electrons. The Labute approximate surface area is 168 Å². The molecule has 2 aliphatic rings. The van der Waals surface area contributed by atoms with Gasteiger partial charge in [0.25, 0.3) is 0 Å². The average Bonchev–Trinajstić information content (AvgIpc) is 2.64. The molecule has 28 heavy (non-hydrogen) atoms. The van der Waals surface area contributed by atoms with Crippen LogP contribution in [0.1, 0.15) is 31.9 Å². The van der Waals surface area contributed by atoms with E-state index in [-0.39, 0.29) is 6.09 Å². The highest BCUT2D eigenvalue weighted by molar-refractivity contribution is 5.68. The predicted molar refractivity (Wildman–Crippen MR) is 114 cm³/mol. The summed E-state index contributed by atoms with van der Waals surface area (Å²) in [5.74, 6) is 0. The number of carbonyl (C=O) groups excluding carboxylic acids is 1. The molecule has 1 aromatic rings. The molecule has 0 spiro atoms. The highest BCUT2D eigenvalue weighted by atomic mass is 16.6. The minimum atomic E-state index is -0.450. The molecule has 0 unspecified atom stereocenters. The number of nitrogens with zero attached hydrogens (tertiary/aromatic N) is 3. The first-order valence-corrected chi connectivity index (χ1v) is 10.3. The molecule has 0 aromatic heterocycles. The van der Waals surface area contributed by atoms with Crippen molar-refractivity contribution in [2.75, 3.05) is 63.0 Å². The Morgan fingerprint density at radius 1 is 1.11 bits per heavy atom. The van der Waals surface area contributed by atoms with E-state index in [4.69, 9.17) is 10.5 Å². The maximum Gasteiger partial charge on any atom is 0.410 e. The van der Waals surface area contributed by atoms with Gasteiger partial charge < -0.3 is 25.6 Å². The molecule has 2 fully saturated rings. The van der Waals surface area contributed by atoms with Gasteiger partial charge in [0.2, 0.25) is 0 Å². The lowest BCUT2D eigenvalue weighted by molar-refractivity contribution is 0.0139. The van der Waals surface area contributed by atoms with Gasteiger partial charge in [-0.05, 0) is 51.0 Å². The van der Waals surface area contributed by atoms with Crippen LogP contribution in [0.5, 0.6) is 0 Å². The van der Waals surface area contributed by atoms with Crippen molar-refractivity contribution in [1.29, 1.82) is 0 Å². The van der Waals surface area contributed by atoms with Gasteiger partial charge in [0.1, 0.15) is 5.60 Å². The maximum atomic E-state index is 12.2. The smallest absolute Gasteiger partial charge is 0.410 e. The number of ether oxygens (including phenoxy) is 1. The largest absolute Gasteiger partial charge is 0.444 e. The van der Waals surface area contributed by atoms with E-state index in [9.17, 15) is 4.79 Å². The fourth-order valence-electron chi connectivity index (χ4n) is 3.78. The molecular formula is C21H35N5O2. The zero-order chi connectivity index (χ0) is 20.3. The van der Waals surface area contributed by atoms with Crippen molar-refractivity contribution in [1.82, 2.24) is 15.1 Å². The summed E-state index contributed by atoms with van der Waals surface area (Å²) in [7, 11) is 0. The van der Waals surface area contributed by atoms with Gasteiger partial charge in [-0.2, -0.15) is 0 Å². The summed E-state index contributed by atoms with van der Waals surface area (Å²) in [5.41, 5.74) is 10.4.